The predicted molar refractivity (Wildman–Crippen MR) is 116 cm³/mol. The van der Waals surface area contributed by atoms with E-state index in [0.29, 0.717) is 29.6 Å². The maximum absolute atomic E-state index is 12.8. The van der Waals surface area contributed by atoms with Gasteiger partial charge in [-0.3, -0.25) is 4.79 Å². The molecule has 29 heavy (non-hydrogen) atoms. The summed E-state index contributed by atoms with van der Waals surface area (Å²) < 4.78 is 11.5. The van der Waals surface area contributed by atoms with Crippen molar-refractivity contribution in [3.63, 3.8) is 0 Å². The number of Topliss-reactive ketones (excluding diaryl/α,β-unsaturated/α-hetero) is 1. The van der Waals surface area contributed by atoms with Crippen LogP contribution in [0.5, 0.6) is 11.5 Å². The second-order valence-electron chi connectivity index (χ2n) is 7.26. The number of hydrogen-bond donors (Lipinski definition) is 1. The molecule has 4 rings (SSSR count). The minimum absolute atomic E-state index is 0.181. The Balaban J connectivity index is 1.68. The van der Waals surface area contributed by atoms with E-state index in [0.717, 1.165) is 35.2 Å². The van der Waals surface area contributed by atoms with Crippen LogP contribution in [-0.4, -0.2) is 30.0 Å². The van der Waals surface area contributed by atoms with Gasteiger partial charge in [0.05, 0.1) is 13.2 Å². The highest BCUT2D eigenvalue weighted by molar-refractivity contribution is 7.80. The Morgan fingerprint density at radius 2 is 1.93 bits per heavy atom. The van der Waals surface area contributed by atoms with Gasteiger partial charge in [-0.25, -0.2) is 0 Å². The number of nitrogens with zero attached hydrogens (tertiary/aromatic N) is 1. The highest BCUT2D eigenvalue weighted by atomic mass is 32.1. The first kappa shape index (κ1) is 19.5. The SMILES string of the molecule is COc1ccc(C2NC(=S)N(C)C3=C2C(=O)CCC3)cc1OCc1ccccc1. The Hall–Kier alpha value is -2.86. The molecule has 0 aromatic heterocycles. The fraction of sp³-hybridized carbons (Fsp3) is 0.304. The predicted octanol–water partition coefficient (Wildman–Crippen LogP) is 4.14. The Bertz CT molecular complexity index is 971. The minimum atomic E-state index is -0.272. The largest absolute Gasteiger partial charge is 0.493 e. The van der Waals surface area contributed by atoms with Crippen LogP contribution >= 0.6 is 12.2 Å². The smallest absolute Gasteiger partial charge is 0.173 e. The van der Waals surface area contributed by atoms with Crippen LogP contribution in [0.2, 0.25) is 0 Å². The molecule has 1 unspecified atom stereocenters. The van der Waals surface area contributed by atoms with Gasteiger partial charge in [-0.05, 0) is 48.3 Å². The molecular weight excluding hydrogens is 384 g/mol. The summed E-state index contributed by atoms with van der Waals surface area (Å²) in [5, 5.41) is 3.96. The molecule has 5 nitrogen and oxygen atoms in total. The fourth-order valence-electron chi connectivity index (χ4n) is 3.91. The molecule has 0 spiro atoms. The van der Waals surface area contributed by atoms with Crippen molar-refractivity contribution in [2.24, 2.45) is 0 Å². The fourth-order valence-corrected chi connectivity index (χ4v) is 4.14. The minimum Gasteiger partial charge on any atom is -0.493 e. The van der Waals surface area contributed by atoms with Gasteiger partial charge in [0.1, 0.15) is 6.61 Å². The summed E-state index contributed by atoms with van der Waals surface area (Å²) in [6, 6.07) is 15.5. The molecule has 0 fully saturated rings. The van der Waals surface area contributed by atoms with Crippen LogP contribution < -0.4 is 14.8 Å². The molecule has 0 saturated carbocycles. The summed E-state index contributed by atoms with van der Waals surface area (Å²) in [6.07, 6.45) is 2.31. The van der Waals surface area contributed by atoms with E-state index in [1.807, 2.05) is 60.5 Å². The standard InChI is InChI=1S/C23H24N2O3S/c1-25-17-9-6-10-18(26)21(17)22(24-23(25)29)16-11-12-19(27-2)20(13-16)28-14-15-7-4-3-5-8-15/h3-5,7-8,11-13,22H,6,9-10,14H2,1-2H3,(H,24,29). The Kier molecular flexibility index (Phi) is 5.53. The van der Waals surface area contributed by atoms with Crippen molar-refractivity contribution in [1.82, 2.24) is 10.2 Å². The van der Waals surface area contributed by atoms with E-state index in [1.165, 1.54) is 0 Å². The van der Waals surface area contributed by atoms with Crippen molar-refractivity contribution in [2.45, 2.75) is 31.9 Å². The van der Waals surface area contributed by atoms with Crippen molar-refractivity contribution >= 4 is 23.1 Å². The van der Waals surface area contributed by atoms with Crippen molar-refractivity contribution in [3.8, 4) is 11.5 Å². The van der Waals surface area contributed by atoms with Crippen molar-refractivity contribution in [2.75, 3.05) is 14.2 Å². The van der Waals surface area contributed by atoms with Crippen LogP contribution in [0.25, 0.3) is 0 Å². The van der Waals surface area contributed by atoms with Crippen LogP contribution in [0.15, 0.2) is 59.8 Å². The maximum atomic E-state index is 12.8. The lowest BCUT2D eigenvalue weighted by atomic mass is 9.85. The number of ketones is 1. The number of carbonyl (C=O) groups excluding carboxylic acids is 1. The lowest BCUT2D eigenvalue weighted by molar-refractivity contribution is -0.116. The number of nitrogens with one attached hydrogen (secondary N) is 1. The van der Waals surface area contributed by atoms with Crippen molar-refractivity contribution in [1.29, 1.82) is 0 Å². The first-order chi connectivity index (χ1) is 14.1. The van der Waals surface area contributed by atoms with E-state index in [1.54, 1.807) is 7.11 Å². The van der Waals surface area contributed by atoms with E-state index in [2.05, 4.69) is 5.32 Å². The van der Waals surface area contributed by atoms with Gasteiger partial charge in [-0.2, -0.15) is 0 Å². The second kappa shape index (κ2) is 8.25. The second-order valence-corrected chi connectivity index (χ2v) is 7.65. The third-order valence-corrected chi connectivity index (χ3v) is 5.84. The first-order valence-corrected chi connectivity index (χ1v) is 10.1. The average Bonchev–Trinajstić information content (AvgIpc) is 2.75. The quantitative estimate of drug-likeness (QED) is 0.751. The lowest BCUT2D eigenvalue weighted by Gasteiger charge is -2.39. The number of methoxy groups -OCH3 is 1. The molecule has 0 amide bonds. The summed E-state index contributed by atoms with van der Waals surface area (Å²) in [7, 11) is 3.54. The summed E-state index contributed by atoms with van der Waals surface area (Å²) in [4.78, 5) is 14.7. The van der Waals surface area contributed by atoms with E-state index < -0.39 is 0 Å². The third-order valence-electron chi connectivity index (χ3n) is 5.45. The zero-order valence-corrected chi connectivity index (χ0v) is 17.4. The molecule has 150 valence electrons. The van der Waals surface area contributed by atoms with Crippen LogP contribution in [0.1, 0.15) is 36.4 Å². The van der Waals surface area contributed by atoms with Crippen LogP contribution in [0, 0.1) is 0 Å². The molecule has 0 bridgehead atoms. The molecule has 2 aliphatic rings. The van der Waals surface area contributed by atoms with Crippen LogP contribution in [0.3, 0.4) is 0 Å². The maximum Gasteiger partial charge on any atom is 0.173 e. The van der Waals surface area contributed by atoms with Crippen molar-refractivity contribution in [3.05, 3.63) is 70.9 Å². The van der Waals surface area contributed by atoms with E-state index in [4.69, 9.17) is 21.7 Å². The number of ether oxygens (including phenoxy) is 2. The molecule has 1 aliphatic heterocycles. The van der Waals surface area contributed by atoms with E-state index >= 15 is 0 Å². The molecule has 0 radical (unpaired) electrons. The van der Waals surface area contributed by atoms with Gasteiger partial charge in [0, 0.05) is 24.7 Å². The van der Waals surface area contributed by atoms with E-state index in [9.17, 15) is 4.79 Å². The number of thiocarbonyl (C=S) groups is 1. The monoisotopic (exact) mass is 408 g/mol. The Labute approximate surface area is 176 Å². The summed E-state index contributed by atoms with van der Waals surface area (Å²) in [5.41, 5.74) is 3.85. The Morgan fingerprint density at radius 3 is 2.69 bits per heavy atom. The zero-order chi connectivity index (χ0) is 20.4. The molecule has 1 aliphatic carbocycles. The molecule has 1 N–H and O–H groups in total. The lowest BCUT2D eigenvalue weighted by Crippen LogP contribution is -2.47. The molecule has 1 heterocycles. The molecule has 2 aromatic rings. The highest BCUT2D eigenvalue weighted by Gasteiger charge is 2.36. The zero-order valence-electron chi connectivity index (χ0n) is 16.6. The van der Waals surface area contributed by atoms with Gasteiger partial charge in [0.25, 0.3) is 0 Å². The van der Waals surface area contributed by atoms with Gasteiger partial charge in [0.2, 0.25) is 0 Å². The molecular formula is C23H24N2O3S. The van der Waals surface area contributed by atoms with Crippen LogP contribution in [-0.2, 0) is 11.4 Å². The van der Waals surface area contributed by atoms with Gasteiger partial charge in [0.15, 0.2) is 22.4 Å². The van der Waals surface area contributed by atoms with Gasteiger partial charge >= 0.3 is 0 Å². The normalized spacial score (nSPS) is 19.0. The number of rotatable bonds is 5. The molecule has 1 atom stereocenters. The van der Waals surface area contributed by atoms with E-state index in [-0.39, 0.29) is 11.8 Å². The summed E-state index contributed by atoms with van der Waals surface area (Å²) in [6.45, 7) is 0.437. The number of allylic oxidation sites excluding steroid dienone is 1. The van der Waals surface area contributed by atoms with Gasteiger partial charge in [-0.1, -0.05) is 36.4 Å². The average molecular weight is 409 g/mol. The highest BCUT2D eigenvalue weighted by Crippen LogP contribution is 2.39. The Morgan fingerprint density at radius 1 is 1.14 bits per heavy atom. The number of carbonyl (C=O) groups is 1. The number of hydrogen-bond acceptors (Lipinski definition) is 4. The van der Waals surface area contributed by atoms with Crippen molar-refractivity contribution < 1.29 is 14.3 Å². The van der Waals surface area contributed by atoms with Gasteiger partial charge < -0.3 is 19.7 Å². The molecule has 0 saturated heterocycles. The van der Waals surface area contributed by atoms with Gasteiger partial charge in [-0.15, -0.1) is 0 Å². The third kappa shape index (κ3) is 3.85. The number of benzene rings is 2. The van der Waals surface area contributed by atoms with Crippen LogP contribution in [0.4, 0.5) is 0 Å². The summed E-state index contributed by atoms with van der Waals surface area (Å²) in [5.74, 6) is 1.48. The topological polar surface area (TPSA) is 50.8 Å². The molecule has 6 heteroatoms. The first-order valence-electron chi connectivity index (χ1n) is 9.73. The summed E-state index contributed by atoms with van der Waals surface area (Å²) >= 11 is 5.52. The molecule has 2 aromatic carbocycles.